The first-order valence-electron chi connectivity index (χ1n) is 12.1. The summed E-state index contributed by atoms with van der Waals surface area (Å²) in [5.41, 5.74) is 1.79. The predicted octanol–water partition coefficient (Wildman–Crippen LogP) is 5.38. The van der Waals surface area contributed by atoms with Gasteiger partial charge in [-0.25, -0.2) is 13.8 Å². The highest BCUT2D eigenvalue weighted by Crippen LogP contribution is 2.40. The average Bonchev–Trinajstić information content (AvgIpc) is 3.23. The lowest BCUT2D eigenvalue weighted by atomic mass is 10.2. The van der Waals surface area contributed by atoms with Crippen molar-refractivity contribution in [3.63, 3.8) is 0 Å². The number of anilines is 3. The zero-order valence-electron chi connectivity index (χ0n) is 20.1. The van der Waals surface area contributed by atoms with E-state index in [9.17, 15) is 4.39 Å². The number of imidazole rings is 1. The number of fused-ring (bicyclic) bond motifs is 1. The molecule has 4 N–H and O–H groups in total. The summed E-state index contributed by atoms with van der Waals surface area (Å²) in [7, 11) is 0. The van der Waals surface area contributed by atoms with E-state index in [2.05, 4.69) is 40.8 Å². The third-order valence-electron chi connectivity index (χ3n) is 6.14. The fourth-order valence-corrected chi connectivity index (χ4v) is 4.16. The second kappa shape index (κ2) is 9.52. The van der Waals surface area contributed by atoms with Gasteiger partial charge in [0.15, 0.2) is 23.2 Å². The Bertz CT molecular complexity index is 1540. The molecule has 1 aromatic carbocycles. The van der Waals surface area contributed by atoms with Gasteiger partial charge in [0.25, 0.3) is 0 Å². The van der Waals surface area contributed by atoms with Crippen molar-refractivity contribution in [3.8, 4) is 11.8 Å². The molecular weight excluding hydrogens is 480 g/mol. The quantitative estimate of drug-likeness (QED) is 0.188. The molecule has 0 atom stereocenters. The van der Waals surface area contributed by atoms with E-state index in [0.29, 0.717) is 35.6 Å². The molecule has 1 aliphatic carbocycles. The van der Waals surface area contributed by atoms with Gasteiger partial charge in [0.05, 0.1) is 11.8 Å². The third kappa shape index (κ3) is 5.08. The number of halogens is 2. The van der Waals surface area contributed by atoms with Crippen LogP contribution in [-0.4, -0.2) is 41.2 Å². The van der Waals surface area contributed by atoms with Gasteiger partial charge >= 0.3 is 6.01 Å². The second-order valence-corrected chi connectivity index (χ2v) is 9.12. The lowest BCUT2D eigenvalue weighted by molar-refractivity contribution is 0.411. The number of aryl methyl sites for hydroxylation is 2. The van der Waals surface area contributed by atoms with Crippen molar-refractivity contribution < 1.29 is 13.5 Å². The van der Waals surface area contributed by atoms with Crippen LogP contribution in [0.2, 0.25) is 0 Å². The molecular formula is C25H25F2N9O. The van der Waals surface area contributed by atoms with Crippen LogP contribution in [0.1, 0.15) is 36.6 Å². The predicted molar refractivity (Wildman–Crippen MR) is 134 cm³/mol. The smallest absolute Gasteiger partial charge is 0.326 e. The molecule has 190 valence electrons. The molecule has 1 fully saturated rings. The van der Waals surface area contributed by atoms with Gasteiger partial charge < -0.3 is 24.9 Å². The Morgan fingerprint density at radius 3 is 2.78 bits per heavy atom. The molecule has 0 saturated heterocycles. The van der Waals surface area contributed by atoms with Gasteiger partial charge in [-0.3, -0.25) is 5.10 Å². The molecule has 4 heterocycles. The third-order valence-corrected chi connectivity index (χ3v) is 6.14. The maximum atomic E-state index is 15.1. The van der Waals surface area contributed by atoms with Gasteiger partial charge in [0.2, 0.25) is 0 Å². The minimum Gasteiger partial charge on any atom is -0.421 e. The van der Waals surface area contributed by atoms with Crippen molar-refractivity contribution in [1.29, 1.82) is 0 Å². The number of hydrogen-bond donors (Lipinski definition) is 4. The highest BCUT2D eigenvalue weighted by atomic mass is 19.1. The Balaban J connectivity index is 1.25. The Hall–Kier alpha value is -4.48. The number of hydrogen-bond acceptors (Lipinski definition) is 7. The van der Waals surface area contributed by atoms with Crippen LogP contribution in [0.4, 0.5) is 26.2 Å². The lowest BCUT2D eigenvalue weighted by Crippen LogP contribution is -2.09. The summed E-state index contributed by atoms with van der Waals surface area (Å²) in [5.74, 6) is 0.354. The van der Waals surface area contributed by atoms with Crippen molar-refractivity contribution >= 4 is 28.4 Å². The molecule has 0 aliphatic heterocycles. The van der Waals surface area contributed by atoms with Crippen LogP contribution < -0.4 is 15.4 Å². The van der Waals surface area contributed by atoms with E-state index in [1.165, 1.54) is 6.07 Å². The van der Waals surface area contributed by atoms with E-state index in [-0.39, 0.29) is 22.7 Å². The van der Waals surface area contributed by atoms with Gasteiger partial charge in [-0.2, -0.15) is 15.1 Å². The summed E-state index contributed by atoms with van der Waals surface area (Å²) in [6, 6.07) is 6.04. The van der Waals surface area contributed by atoms with Crippen LogP contribution in [0.25, 0.3) is 10.9 Å². The first kappa shape index (κ1) is 23.0. The number of H-pyrrole nitrogens is 2. The van der Waals surface area contributed by atoms with Crippen molar-refractivity contribution in [3.05, 3.63) is 66.0 Å². The summed E-state index contributed by atoms with van der Waals surface area (Å²) >= 11 is 0. The van der Waals surface area contributed by atoms with Crippen molar-refractivity contribution in [2.45, 2.75) is 38.6 Å². The normalized spacial score (nSPS) is 13.3. The zero-order chi connectivity index (χ0) is 25.4. The average molecular weight is 506 g/mol. The first-order valence-corrected chi connectivity index (χ1v) is 12.1. The maximum absolute atomic E-state index is 15.1. The van der Waals surface area contributed by atoms with Crippen molar-refractivity contribution in [2.24, 2.45) is 0 Å². The highest BCUT2D eigenvalue weighted by molar-refractivity contribution is 5.83. The van der Waals surface area contributed by atoms with Crippen LogP contribution in [0.15, 0.2) is 43.0 Å². The largest absolute Gasteiger partial charge is 0.421 e. The SMILES string of the molecule is Cc1cc2c(F)c(Oc3nc(NCCCn4ccnc4)cc(Nc4cc(C5CC5)[nH]n4)n3)cc(F)c2[nH]1. The van der Waals surface area contributed by atoms with E-state index >= 15 is 4.39 Å². The van der Waals surface area contributed by atoms with Gasteiger partial charge in [-0.1, -0.05) is 0 Å². The maximum Gasteiger partial charge on any atom is 0.326 e. The summed E-state index contributed by atoms with van der Waals surface area (Å²) < 4.78 is 37.4. The Kier molecular flexibility index (Phi) is 5.91. The Morgan fingerprint density at radius 2 is 1.97 bits per heavy atom. The molecule has 0 radical (unpaired) electrons. The molecule has 10 nitrogen and oxygen atoms in total. The molecule has 1 aliphatic rings. The molecule has 0 spiro atoms. The van der Waals surface area contributed by atoms with E-state index in [0.717, 1.165) is 37.6 Å². The molecule has 4 aromatic heterocycles. The molecule has 5 aromatic rings. The Morgan fingerprint density at radius 1 is 1.11 bits per heavy atom. The molecule has 1 saturated carbocycles. The van der Waals surface area contributed by atoms with Gasteiger partial charge in [0.1, 0.15) is 11.6 Å². The van der Waals surface area contributed by atoms with E-state index in [1.807, 2.05) is 16.8 Å². The summed E-state index contributed by atoms with van der Waals surface area (Å²) in [5, 5.41) is 13.8. The van der Waals surface area contributed by atoms with E-state index in [4.69, 9.17) is 4.74 Å². The monoisotopic (exact) mass is 505 g/mol. The molecule has 37 heavy (non-hydrogen) atoms. The first-order chi connectivity index (χ1) is 18.0. The molecule has 12 heteroatoms. The van der Waals surface area contributed by atoms with E-state index in [1.54, 1.807) is 25.5 Å². The van der Waals surface area contributed by atoms with Crippen molar-refractivity contribution in [1.82, 2.24) is 34.7 Å². The second-order valence-electron chi connectivity index (χ2n) is 9.12. The zero-order valence-corrected chi connectivity index (χ0v) is 20.1. The summed E-state index contributed by atoms with van der Waals surface area (Å²) in [6.45, 7) is 3.12. The standard InChI is InChI=1S/C25H25F2N9O/c1-14-9-16-23(27)19(10-17(26)24(16)30-14)37-25-32-20(29-5-2-7-36-8-6-28-13-36)12-21(33-25)31-22-11-18(34-35-22)15-3-4-15/h6,8-13,15,30H,2-5,7H2,1H3,(H3,29,31,32,33,34,35). The van der Waals surface area contributed by atoms with Gasteiger partial charge in [-0.05, 0) is 32.3 Å². The summed E-state index contributed by atoms with van der Waals surface area (Å²) in [4.78, 5) is 15.6. The molecule has 0 bridgehead atoms. The van der Waals surface area contributed by atoms with Crippen LogP contribution in [0.5, 0.6) is 11.8 Å². The van der Waals surface area contributed by atoms with Gasteiger partial charge in [-0.15, -0.1) is 0 Å². The Labute approximate surface area is 210 Å². The number of ether oxygens (including phenoxy) is 1. The highest BCUT2D eigenvalue weighted by Gasteiger charge is 2.25. The van der Waals surface area contributed by atoms with Crippen molar-refractivity contribution in [2.75, 3.05) is 17.2 Å². The fraction of sp³-hybridized carbons (Fsp3) is 0.280. The number of rotatable bonds is 10. The summed E-state index contributed by atoms with van der Waals surface area (Å²) in [6.07, 6.45) is 8.49. The molecule has 0 amide bonds. The fourth-order valence-electron chi connectivity index (χ4n) is 4.16. The molecule has 0 unspecified atom stereocenters. The number of aromatic nitrogens is 7. The number of aromatic amines is 2. The van der Waals surface area contributed by atoms with Crippen LogP contribution in [0, 0.1) is 18.6 Å². The minimum absolute atomic E-state index is 0.0870. The number of nitrogens with zero attached hydrogens (tertiary/aromatic N) is 5. The topological polar surface area (TPSA) is 121 Å². The van der Waals surface area contributed by atoms with E-state index < -0.39 is 11.6 Å². The number of nitrogens with one attached hydrogen (secondary N) is 4. The number of benzene rings is 1. The van der Waals surface area contributed by atoms with Gasteiger partial charge in [0, 0.05) is 66.4 Å². The van der Waals surface area contributed by atoms with Crippen LogP contribution in [0.3, 0.4) is 0 Å². The lowest BCUT2D eigenvalue weighted by Gasteiger charge is -2.12. The molecule has 6 rings (SSSR count). The van der Waals surface area contributed by atoms with Crippen LogP contribution >= 0.6 is 0 Å². The van der Waals surface area contributed by atoms with Crippen LogP contribution in [-0.2, 0) is 6.54 Å². The minimum atomic E-state index is -0.695.